The Morgan fingerprint density at radius 1 is 1.38 bits per heavy atom. The zero-order valence-corrected chi connectivity index (χ0v) is 7.79. The van der Waals surface area contributed by atoms with Crippen molar-refractivity contribution in [1.82, 2.24) is 0 Å². The van der Waals surface area contributed by atoms with Crippen molar-refractivity contribution in [3.63, 3.8) is 0 Å². The van der Waals surface area contributed by atoms with Crippen LogP contribution in [0.15, 0.2) is 34.9 Å². The molecule has 0 aliphatic rings. The third kappa shape index (κ3) is 1.74. The van der Waals surface area contributed by atoms with E-state index in [1.807, 2.05) is 12.1 Å². The summed E-state index contributed by atoms with van der Waals surface area (Å²) >= 11 is 0. The minimum absolute atomic E-state index is 0.462. The number of benzene rings is 1. The molecular weight excluding hydrogens is 160 g/mol. The maximum Gasteiger partial charge on any atom is 0.133 e. The van der Waals surface area contributed by atoms with Crippen LogP contribution in [0.1, 0.15) is 12.5 Å². The Hall–Kier alpha value is -1.24. The fraction of sp³-hybridized carbons (Fsp3) is 0.250. The second kappa shape index (κ2) is 3.25. The van der Waals surface area contributed by atoms with E-state index in [1.54, 1.807) is 6.26 Å². The Morgan fingerprint density at radius 3 is 3.00 bits per heavy atom. The highest BCUT2D eigenvalue weighted by Gasteiger charge is 2.00. The largest absolute Gasteiger partial charge is 0.464 e. The lowest BCUT2D eigenvalue weighted by atomic mass is 10.0. The van der Waals surface area contributed by atoms with Crippen LogP contribution >= 0.6 is 0 Å². The molecule has 67 valence electrons. The van der Waals surface area contributed by atoms with Crippen LogP contribution in [0.4, 0.5) is 0 Å². The van der Waals surface area contributed by atoms with Gasteiger partial charge in [0.05, 0.1) is 6.26 Å². The summed E-state index contributed by atoms with van der Waals surface area (Å²) in [7, 11) is 0. The summed E-state index contributed by atoms with van der Waals surface area (Å²) in [6.07, 6.45) is 2.75. The van der Waals surface area contributed by atoms with Crippen molar-refractivity contribution >= 4 is 11.0 Å². The summed E-state index contributed by atoms with van der Waals surface area (Å²) < 4.78 is 5.26. The van der Waals surface area contributed by atoms with E-state index in [9.17, 15) is 0 Å². The normalized spacial score (nSPS) is 11.3. The van der Waals surface area contributed by atoms with Gasteiger partial charge in [0.1, 0.15) is 5.58 Å². The molecule has 13 heavy (non-hydrogen) atoms. The number of fused-ring (bicyclic) bond motifs is 1. The molecule has 0 spiro atoms. The molecule has 0 N–H and O–H groups in total. The Morgan fingerprint density at radius 2 is 2.23 bits per heavy atom. The average molecular weight is 173 g/mol. The lowest BCUT2D eigenvalue weighted by Crippen LogP contribution is -1.93. The summed E-state index contributed by atoms with van der Waals surface area (Å²) in [5.41, 5.74) is 2.29. The number of rotatable bonds is 2. The SMILES string of the molecule is [CH2]C(C)Cc1ccc2occc2c1. The van der Waals surface area contributed by atoms with Gasteiger partial charge in [0, 0.05) is 5.39 Å². The summed E-state index contributed by atoms with van der Waals surface area (Å²) in [5.74, 6) is 0.462. The van der Waals surface area contributed by atoms with E-state index in [0.717, 1.165) is 12.0 Å². The van der Waals surface area contributed by atoms with Gasteiger partial charge in [-0.2, -0.15) is 0 Å². The van der Waals surface area contributed by atoms with Crippen molar-refractivity contribution in [1.29, 1.82) is 0 Å². The molecule has 0 saturated carbocycles. The van der Waals surface area contributed by atoms with E-state index in [2.05, 4.69) is 26.0 Å². The Balaban J connectivity index is 2.37. The standard InChI is InChI=1S/C12H13O/c1-9(2)7-10-3-4-12-11(8-10)5-6-13-12/h3-6,8-9H,1,7H2,2H3. The summed E-state index contributed by atoms with van der Waals surface area (Å²) in [4.78, 5) is 0. The van der Waals surface area contributed by atoms with Gasteiger partial charge >= 0.3 is 0 Å². The number of hydrogen-bond donors (Lipinski definition) is 0. The smallest absolute Gasteiger partial charge is 0.133 e. The van der Waals surface area contributed by atoms with Gasteiger partial charge in [0.15, 0.2) is 0 Å². The second-order valence-electron chi connectivity index (χ2n) is 3.60. The van der Waals surface area contributed by atoms with E-state index in [4.69, 9.17) is 4.42 Å². The zero-order valence-electron chi connectivity index (χ0n) is 7.79. The first-order chi connectivity index (χ1) is 6.25. The van der Waals surface area contributed by atoms with Gasteiger partial charge in [-0.25, -0.2) is 0 Å². The van der Waals surface area contributed by atoms with Gasteiger partial charge in [-0.3, -0.25) is 0 Å². The average Bonchev–Trinajstić information content (AvgIpc) is 2.49. The quantitative estimate of drug-likeness (QED) is 0.678. The van der Waals surface area contributed by atoms with Crippen molar-refractivity contribution in [2.24, 2.45) is 5.92 Å². The topological polar surface area (TPSA) is 13.1 Å². The molecule has 0 bridgehead atoms. The van der Waals surface area contributed by atoms with Gasteiger partial charge in [0.25, 0.3) is 0 Å². The van der Waals surface area contributed by atoms with Crippen LogP contribution in [0.2, 0.25) is 0 Å². The van der Waals surface area contributed by atoms with Crippen LogP contribution in [-0.2, 0) is 6.42 Å². The molecule has 1 heteroatoms. The molecule has 0 amide bonds. The molecule has 1 unspecified atom stereocenters. The summed E-state index contributed by atoms with van der Waals surface area (Å²) in [6, 6.07) is 8.29. The molecule has 1 heterocycles. The van der Waals surface area contributed by atoms with Crippen molar-refractivity contribution in [3.8, 4) is 0 Å². The first-order valence-corrected chi connectivity index (χ1v) is 4.55. The highest BCUT2D eigenvalue weighted by atomic mass is 16.3. The van der Waals surface area contributed by atoms with E-state index >= 15 is 0 Å². The van der Waals surface area contributed by atoms with Gasteiger partial charge < -0.3 is 4.42 Å². The summed E-state index contributed by atoms with van der Waals surface area (Å²) in [6.45, 7) is 6.10. The van der Waals surface area contributed by atoms with E-state index < -0.39 is 0 Å². The molecule has 0 fully saturated rings. The Bertz CT molecular complexity index is 398. The third-order valence-electron chi connectivity index (χ3n) is 2.10. The molecule has 0 aliphatic heterocycles. The molecular formula is C12H13O. The van der Waals surface area contributed by atoms with E-state index in [1.165, 1.54) is 10.9 Å². The van der Waals surface area contributed by atoms with Crippen LogP contribution in [0.25, 0.3) is 11.0 Å². The van der Waals surface area contributed by atoms with Crippen molar-refractivity contribution in [2.45, 2.75) is 13.3 Å². The molecule has 1 aromatic carbocycles. The van der Waals surface area contributed by atoms with Crippen LogP contribution in [0.5, 0.6) is 0 Å². The fourth-order valence-corrected chi connectivity index (χ4v) is 1.55. The maximum atomic E-state index is 5.26. The van der Waals surface area contributed by atoms with Crippen LogP contribution in [-0.4, -0.2) is 0 Å². The third-order valence-corrected chi connectivity index (χ3v) is 2.10. The molecule has 1 radical (unpaired) electrons. The van der Waals surface area contributed by atoms with Gasteiger partial charge in [-0.1, -0.05) is 19.9 Å². The molecule has 0 saturated heterocycles. The second-order valence-corrected chi connectivity index (χ2v) is 3.60. The van der Waals surface area contributed by atoms with Crippen molar-refractivity contribution in [2.75, 3.05) is 0 Å². The predicted molar refractivity (Wildman–Crippen MR) is 54.4 cm³/mol. The Labute approximate surface area is 78.4 Å². The first kappa shape index (κ1) is 8.36. The van der Waals surface area contributed by atoms with Gasteiger partial charge in [-0.15, -0.1) is 0 Å². The highest BCUT2D eigenvalue weighted by molar-refractivity contribution is 5.77. The highest BCUT2D eigenvalue weighted by Crippen LogP contribution is 2.18. The molecule has 2 aromatic rings. The van der Waals surface area contributed by atoms with Crippen molar-refractivity contribution < 1.29 is 4.42 Å². The summed E-state index contributed by atoms with van der Waals surface area (Å²) in [5, 5.41) is 1.18. The molecule has 2 rings (SSSR count). The maximum absolute atomic E-state index is 5.26. The van der Waals surface area contributed by atoms with E-state index in [-0.39, 0.29) is 0 Å². The van der Waals surface area contributed by atoms with Crippen LogP contribution in [0, 0.1) is 12.8 Å². The monoisotopic (exact) mass is 173 g/mol. The first-order valence-electron chi connectivity index (χ1n) is 4.55. The molecule has 1 nitrogen and oxygen atoms in total. The Kier molecular flexibility index (Phi) is 2.09. The van der Waals surface area contributed by atoms with E-state index in [0.29, 0.717) is 5.92 Å². The van der Waals surface area contributed by atoms with Crippen molar-refractivity contribution in [3.05, 3.63) is 43.0 Å². The van der Waals surface area contributed by atoms with Crippen LogP contribution in [0.3, 0.4) is 0 Å². The molecule has 0 aliphatic carbocycles. The lowest BCUT2D eigenvalue weighted by molar-refractivity contribution is 0.615. The minimum Gasteiger partial charge on any atom is -0.464 e. The number of hydrogen-bond acceptors (Lipinski definition) is 1. The van der Waals surface area contributed by atoms with Gasteiger partial charge in [0.2, 0.25) is 0 Å². The van der Waals surface area contributed by atoms with Crippen LogP contribution < -0.4 is 0 Å². The fourth-order valence-electron chi connectivity index (χ4n) is 1.55. The molecule has 1 aromatic heterocycles. The zero-order chi connectivity index (χ0) is 9.26. The lowest BCUT2D eigenvalue weighted by Gasteiger charge is -2.03. The predicted octanol–water partition coefficient (Wildman–Crippen LogP) is 3.45. The van der Waals surface area contributed by atoms with Gasteiger partial charge in [-0.05, 0) is 36.1 Å². The number of furan rings is 1. The minimum atomic E-state index is 0.462. The molecule has 1 atom stereocenters.